The van der Waals surface area contributed by atoms with Gasteiger partial charge in [-0.1, -0.05) is 35.5 Å². The smallest absolute Gasteiger partial charge is 0.337 e. The van der Waals surface area contributed by atoms with Crippen LogP contribution in [0.5, 0.6) is 0 Å². The van der Waals surface area contributed by atoms with Gasteiger partial charge in [0, 0.05) is 5.56 Å². The zero-order chi connectivity index (χ0) is 13.2. The summed E-state index contributed by atoms with van der Waals surface area (Å²) in [4.78, 5) is 11.6. The van der Waals surface area contributed by atoms with E-state index in [1.54, 1.807) is 18.2 Å². The van der Waals surface area contributed by atoms with E-state index in [1.165, 1.54) is 7.11 Å². The Morgan fingerprint density at radius 2 is 1.95 bits per heavy atom. The number of benzene rings is 2. The first-order valence-corrected chi connectivity index (χ1v) is 5.83. The fraction of sp³-hybridized carbons (Fsp3) is 0.0667. The van der Waals surface area contributed by atoms with Crippen LogP contribution in [-0.2, 0) is 4.74 Å². The van der Waals surface area contributed by atoms with E-state index in [0.717, 1.165) is 16.6 Å². The summed E-state index contributed by atoms with van der Waals surface area (Å²) in [5.74, 6) is -0.373. The highest BCUT2D eigenvalue weighted by Gasteiger charge is 2.13. The second-order valence-corrected chi connectivity index (χ2v) is 4.10. The van der Waals surface area contributed by atoms with E-state index in [9.17, 15) is 4.79 Å². The van der Waals surface area contributed by atoms with Crippen molar-refractivity contribution >= 4 is 16.9 Å². The Morgan fingerprint density at radius 1 is 1.16 bits per heavy atom. The van der Waals surface area contributed by atoms with Crippen molar-refractivity contribution in [2.45, 2.75) is 0 Å². The van der Waals surface area contributed by atoms with Gasteiger partial charge in [-0.3, -0.25) is 0 Å². The van der Waals surface area contributed by atoms with Crippen LogP contribution >= 0.6 is 0 Å². The topological polar surface area (TPSA) is 52.3 Å². The fourth-order valence-corrected chi connectivity index (χ4v) is 1.99. The van der Waals surface area contributed by atoms with Gasteiger partial charge in [-0.25, -0.2) is 4.79 Å². The highest BCUT2D eigenvalue weighted by Crippen LogP contribution is 2.28. The van der Waals surface area contributed by atoms with Crippen molar-refractivity contribution in [1.29, 1.82) is 0 Å². The lowest BCUT2D eigenvalue weighted by Gasteiger charge is -1.99. The van der Waals surface area contributed by atoms with Gasteiger partial charge >= 0.3 is 5.97 Å². The zero-order valence-corrected chi connectivity index (χ0v) is 10.3. The van der Waals surface area contributed by atoms with E-state index in [4.69, 9.17) is 9.26 Å². The molecule has 2 aromatic carbocycles. The Labute approximate surface area is 109 Å². The van der Waals surface area contributed by atoms with Gasteiger partial charge in [0.25, 0.3) is 0 Å². The average molecular weight is 253 g/mol. The van der Waals surface area contributed by atoms with Crippen LogP contribution in [0.4, 0.5) is 0 Å². The SMILES string of the molecule is COC(=O)c1ccc2onc(-c3ccccc3)c2c1. The molecule has 4 nitrogen and oxygen atoms in total. The van der Waals surface area contributed by atoms with E-state index in [2.05, 4.69) is 5.16 Å². The van der Waals surface area contributed by atoms with Gasteiger partial charge in [0.2, 0.25) is 0 Å². The lowest BCUT2D eigenvalue weighted by molar-refractivity contribution is 0.0601. The molecule has 0 aliphatic rings. The summed E-state index contributed by atoms with van der Waals surface area (Å²) in [5.41, 5.74) is 2.80. The van der Waals surface area contributed by atoms with Crippen LogP contribution in [0.1, 0.15) is 10.4 Å². The molecule has 1 heterocycles. The number of methoxy groups -OCH3 is 1. The van der Waals surface area contributed by atoms with Crippen molar-refractivity contribution in [3.63, 3.8) is 0 Å². The molecular formula is C15H11NO3. The molecule has 0 saturated carbocycles. The van der Waals surface area contributed by atoms with Gasteiger partial charge in [0.05, 0.1) is 18.1 Å². The second kappa shape index (κ2) is 4.57. The number of carbonyl (C=O) groups excluding carboxylic acids is 1. The molecule has 0 fully saturated rings. The van der Waals surface area contributed by atoms with Gasteiger partial charge in [0.1, 0.15) is 5.69 Å². The molecule has 3 aromatic rings. The van der Waals surface area contributed by atoms with Crippen molar-refractivity contribution in [1.82, 2.24) is 5.16 Å². The van der Waals surface area contributed by atoms with Crippen molar-refractivity contribution < 1.29 is 14.1 Å². The van der Waals surface area contributed by atoms with E-state index in [1.807, 2.05) is 30.3 Å². The van der Waals surface area contributed by atoms with Gasteiger partial charge in [0.15, 0.2) is 5.58 Å². The molecule has 3 rings (SSSR count). The predicted octanol–water partition coefficient (Wildman–Crippen LogP) is 3.28. The maximum Gasteiger partial charge on any atom is 0.337 e. The molecule has 0 bridgehead atoms. The largest absolute Gasteiger partial charge is 0.465 e. The number of hydrogen-bond acceptors (Lipinski definition) is 4. The molecule has 0 saturated heterocycles. The van der Waals surface area contributed by atoms with Crippen molar-refractivity contribution in [3.05, 3.63) is 54.1 Å². The van der Waals surface area contributed by atoms with Crippen LogP contribution < -0.4 is 0 Å². The molecule has 4 heteroatoms. The van der Waals surface area contributed by atoms with E-state index < -0.39 is 0 Å². The van der Waals surface area contributed by atoms with Crippen LogP contribution in [0, 0.1) is 0 Å². The van der Waals surface area contributed by atoms with Crippen molar-refractivity contribution in [3.8, 4) is 11.3 Å². The number of nitrogens with zero attached hydrogens (tertiary/aromatic N) is 1. The maximum atomic E-state index is 11.6. The van der Waals surface area contributed by atoms with Crippen LogP contribution in [0.3, 0.4) is 0 Å². The summed E-state index contributed by atoms with van der Waals surface area (Å²) < 4.78 is 9.99. The fourth-order valence-electron chi connectivity index (χ4n) is 1.99. The van der Waals surface area contributed by atoms with E-state index in [0.29, 0.717) is 11.1 Å². The maximum absolute atomic E-state index is 11.6. The molecule has 94 valence electrons. The number of fused-ring (bicyclic) bond motifs is 1. The minimum absolute atomic E-state index is 0.373. The number of esters is 1. The van der Waals surface area contributed by atoms with Crippen molar-refractivity contribution in [2.75, 3.05) is 7.11 Å². The van der Waals surface area contributed by atoms with Gasteiger partial charge in [-0.05, 0) is 18.2 Å². The third-order valence-corrected chi connectivity index (χ3v) is 2.94. The first kappa shape index (κ1) is 11.5. The number of aromatic nitrogens is 1. The summed E-state index contributed by atoms with van der Waals surface area (Å²) in [6, 6.07) is 14.8. The summed E-state index contributed by atoms with van der Waals surface area (Å²) in [6.07, 6.45) is 0. The monoisotopic (exact) mass is 253 g/mol. The minimum atomic E-state index is -0.373. The third-order valence-electron chi connectivity index (χ3n) is 2.94. The Bertz CT molecular complexity index is 731. The first-order chi connectivity index (χ1) is 9.29. The standard InChI is InChI=1S/C15H11NO3/c1-18-15(17)11-7-8-13-12(9-11)14(16-19-13)10-5-3-2-4-6-10/h2-9H,1H3. The predicted molar refractivity (Wildman–Crippen MR) is 70.8 cm³/mol. The molecule has 0 atom stereocenters. The van der Waals surface area contributed by atoms with Crippen molar-refractivity contribution in [2.24, 2.45) is 0 Å². The van der Waals surface area contributed by atoms with Crippen LogP contribution in [0.25, 0.3) is 22.2 Å². The Morgan fingerprint density at radius 3 is 2.68 bits per heavy atom. The Kier molecular flexibility index (Phi) is 2.76. The molecular weight excluding hydrogens is 242 g/mol. The molecule has 0 N–H and O–H groups in total. The Balaban J connectivity index is 2.19. The number of ether oxygens (including phenoxy) is 1. The third kappa shape index (κ3) is 1.97. The summed E-state index contributed by atoms with van der Waals surface area (Å²) in [6.45, 7) is 0. The van der Waals surface area contributed by atoms with Crippen LogP contribution in [0.2, 0.25) is 0 Å². The zero-order valence-electron chi connectivity index (χ0n) is 10.3. The normalized spacial score (nSPS) is 10.6. The van der Waals surface area contributed by atoms with E-state index >= 15 is 0 Å². The molecule has 0 aliphatic carbocycles. The first-order valence-electron chi connectivity index (χ1n) is 5.83. The quantitative estimate of drug-likeness (QED) is 0.658. The Hall–Kier alpha value is -2.62. The molecule has 19 heavy (non-hydrogen) atoms. The number of carbonyl (C=O) groups is 1. The second-order valence-electron chi connectivity index (χ2n) is 4.10. The molecule has 0 spiro atoms. The molecule has 0 amide bonds. The lowest BCUT2D eigenvalue weighted by atomic mass is 10.1. The summed E-state index contributed by atoms with van der Waals surface area (Å²) >= 11 is 0. The van der Waals surface area contributed by atoms with Crippen LogP contribution in [0.15, 0.2) is 53.1 Å². The van der Waals surface area contributed by atoms with Gasteiger partial charge in [-0.15, -0.1) is 0 Å². The van der Waals surface area contributed by atoms with Crippen LogP contribution in [-0.4, -0.2) is 18.2 Å². The van der Waals surface area contributed by atoms with Gasteiger partial charge in [-0.2, -0.15) is 0 Å². The average Bonchev–Trinajstić information content (AvgIpc) is 2.90. The summed E-state index contributed by atoms with van der Waals surface area (Å²) in [7, 11) is 1.36. The van der Waals surface area contributed by atoms with Gasteiger partial charge < -0.3 is 9.26 Å². The lowest BCUT2D eigenvalue weighted by Crippen LogP contribution is -2.00. The number of rotatable bonds is 2. The molecule has 0 radical (unpaired) electrons. The highest BCUT2D eigenvalue weighted by molar-refractivity contribution is 5.98. The molecule has 0 unspecified atom stereocenters. The molecule has 0 aliphatic heterocycles. The number of hydrogen-bond donors (Lipinski definition) is 0. The summed E-state index contributed by atoms with van der Waals surface area (Å²) in [5, 5.41) is 4.86. The van der Waals surface area contributed by atoms with E-state index in [-0.39, 0.29) is 5.97 Å². The molecule has 1 aromatic heterocycles. The minimum Gasteiger partial charge on any atom is -0.465 e. The highest BCUT2D eigenvalue weighted by atomic mass is 16.5.